The SMILES string of the molecule is CCNC(=NCc1cccc(CN2CCCC2=O)c1)NCC1CCCN1CC.I. The summed E-state index contributed by atoms with van der Waals surface area (Å²) in [4.78, 5) is 21.1. The van der Waals surface area contributed by atoms with Crippen molar-refractivity contribution in [1.82, 2.24) is 20.4 Å². The second-order valence-electron chi connectivity index (χ2n) is 7.74. The fraction of sp³-hybridized carbons (Fsp3) is 0.636. The minimum absolute atomic E-state index is 0. The quantitative estimate of drug-likeness (QED) is 0.319. The summed E-state index contributed by atoms with van der Waals surface area (Å²) in [6.45, 7) is 10.7. The van der Waals surface area contributed by atoms with Gasteiger partial charge in [-0.15, -0.1) is 24.0 Å². The number of guanidine groups is 1. The molecule has 1 unspecified atom stereocenters. The van der Waals surface area contributed by atoms with Crippen LogP contribution >= 0.6 is 24.0 Å². The summed E-state index contributed by atoms with van der Waals surface area (Å²) in [6.07, 6.45) is 4.23. The maximum absolute atomic E-state index is 11.9. The molecule has 1 amide bonds. The van der Waals surface area contributed by atoms with Crippen molar-refractivity contribution in [2.45, 2.75) is 58.7 Å². The highest BCUT2D eigenvalue weighted by Gasteiger charge is 2.23. The van der Waals surface area contributed by atoms with Crippen LogP contribution in [0.3, 0.4) is 0 Å². The number of carbonyl (C=O) groups excluding carboxylic acids is 1. The largest absolute Gasteiger partial charge is 0.357 e. The summed E-state index contributed by atoms with van der Waals surface area (Å²) in [5.41, 5.74) is 2.36. The van der Waals surface area contributed by atoms with Crippen molar-refractivity contribution in [3.63, 3.8) is 0 Å². The van der Waals surface area contributed by atoms with Gasteiger partial charge in [0.2, 0.25) is 5.91 Å². The molecule has 2 aliphatic heterocycles. The van der Waals surface area contributed by atoms with E-state index in [4.69, 9.17) is 4.99 Å². The van der Waals surface area contributed by atoms with Gasteiger partial charge in [-0.2, -0.15) is 0 Å². The van der Waals surface area contributed by atoms with Crippen molar-refractivity contribution in [2.75, 3.05) is 32.7 Å². The van der Waals surface area contributed by atoms with Crippen molar-refractivity contribution in [3.8, 4) is 0 Å². The van der Waals surface area contributed by atoms with E-state index in [0.717, 1.165) is 38.6 Å². The molecule has 29 heavy (non-hydrogen) atoms. The van der Waals surface area contributed by atoms with Gasteiger partial charge in [-0.1, -0.05) is 31.2 Å². The Morgan fingerprint density at radius 2 is 2.00 bits per heavy atom. The van der Waals surface area contributed by atoms with E-state index in [-0.39, 0.29) is 29.9 Å². The number of hydrogen-bond donors (Lipinski definition) is 2. The summed E-state index contributed by atoms with van der Waals surface area (Å²) in [5, 5.41) is 6.88. The van der Waals surface area contributed by atoms with Crippen molar-refractivity contribution >= 4 is 35.8 Å². The van der Waals surface area contributed by atoms with Gasteiger partial charge in [-0.05, 0) is 50.4 Å². The van der Waals surface area contributed by atoms with Crippen LogP contribution in [0.15, 0.2) is 29.3 Å². The highest BCUT2D eigenvalue weighted by molar-refractivity contribution is 14.0. The molecule has 2 saturated heterocycles. The van der Waals surface area contributed by atoms with E-state index >= 15 is 0 Å². The number of carbonyl (C=O) groups is 1. The van der Waals surface area contributed by atoms with Crippen LogP contribution in [0.4, 0.5) is 0 Å². The average Bonchev–Trinajstić information content (AvgIpc) is 3.33. The van der Waals surface area contributed by atoms with Crippen LogP contribution in [-0.4, -0.2) is 60.4 Å². The predicted molar refractivity (Wildman–Crippen MR) is 130 cm³/mol. The molecule has 2 heterocycles. The van der Waals surface area contributed by atoms with Crippen molar-refractivity contribution in [3.05, 3.63) is 35.4 Å². The number of likely N-dealkylation sites (tertiary alicyclic amines) is 2. The summed E-state index contributed by atoms with van der Waals surface area (Å²) in [6, 6.07) is 9.06. The molecule has 162 valence electrons. The third-order valence-corrected chi connectivity index (χ3v) is 5.71. The molecule has 0 spiro atoms. The first kappa shape index (κ1) is 23.9. The number of nitrogens with one attached hydrogen (secondary N) is 2. The molecule has 0 bridgehead atoms. The van der Waals surface area contributed by atoms with E-state index in [1.807, 2.05) is 4.90 Å². The van der Waals surface area contributed by atoms with Crippen LogP contribution in [0.1, 0.15) is 50.7 Å². The number of nitrogens with zero attached hydrogens (tertiary/aromatic N) is 3. The van der Waals surface area contributed by atoms with Gasteiger partial charge in [-0.3, -0.25) is 9.69 Å². The molecule has 0 aliphatic carbocycles. The fourth-order valence-corrected chi connectivity index (χ4v) is 4.19. The molecule has 6 nitrogen and oxygen atoms in total. The summed E-state index contributed by atoms with van der Waals surface area (Å²) < 4.78 is 0. The highest BCUT2D eigenvalue weighted by Crippen LogP contribution is 2.16. The first-order valence-corrected chi connectivity index (χ1v) is 10.8. The summed E-state index contributed by atoms with van der Waals surface area (Å²) in [7, 11) is 0. The lowest BCUT2D eigenvalue weighted by Crippen LogP contribution is -2.44. The van der Waals surface area contributed by atoms with Crippen LogP contribution in [0.25, 0.3) is 0 Å². The van der Waals surface area contributed by atoms with E-state index in [1.165, 1.54) is 30.5 Å². The lowest BCUT2D eigenvalue weighted by atomic mass is 10.1. The van der Waals surface area contributed by atoms with Crippen LogP contribution in [0, 0.1) is 0 Å². The molecule has 0 saturated carbocycles. The lowest BCUT2D eigenvalue weighted by Gasteiger charge is -2.24. The number of benzene rings is 1. The lowest BCUT2D eigenvalue weighted by molar-refractivity contribution is -0.128. The molecule has 3 rings (SSSR count). The van der Waals surface area contributed by atoms with E-state index in [1.54, 1.807) is 0 Å². The smallest absolute Gasteiger partial charge is 0.222 e. The first-order chi connectivity index (χ1) is 13.7. The van der Waals surface area contributed by atoms with Crippen LogP contribution in [0.5, 0.6) is 0 Å². The average molecular weight is 513 g/mol. The molecule has 2 fully saturated rings. The Morgan fingerprint density at radius 3 is 2.72 bits per heavy atom. The monoisotopic (exact) mass is 513 g/mol. The van der Waals surface area contributed by atoms with Crippen LogP contribution < -0.4 is 10.6 Å². The number of hydrogen-bond acceptors (Lipinski definition) is 3. The third-order valence-electron chi connectivity index (χ3n) is 5.71. The minimum atomic E-state index is 0. The van der Waals surface area contributed by atoms with Gasteiger partial charge in [0.05, 0.1) is 6.54 Å². The van der Waals surface area contributed by atoms with Gasteiger partial charge in [0.15, 0.2) is 5.96 Å². The fourth-order valence-electron chi connectivity index (χ4n) is 4.19. The number of amides is 1. The Hall–Kier alpha value is -1.35. The zero-order valence-corrected chi connectivity index (χ0v) is 20.2. The third kappa shape index (κ3) is 7.13. The minimum Gasteiger partial charge on any atom is -0.357 e. The van der Waals surface area contributed by atoms with Crippen LogP contribution in [0.2, 0.25) is 0 Å². The molecule has 1 aromatic rings. The zero-order chi connectivity index (χ0) is 19.8. The molecular formula is C22H36IN5O. The molecule has 7 heteroatoms. The van der Waals surface area contributed by atoms with Gasteiger partial charge >= 0.3 is 0 Å². The molecule has 1 atom stereocenters. The Labute approximate surface area is 192 Å². The van der Waals surface area contributed by atoms with Gasteiger partial charge in [0.25, 0.3) is 0 Å². The summed E-state index contributed by atoms with van der Waals surface area (Å²) in [5.74, 6) is 1.15. The van der Waals surface area contributed by atoms with E-state index in [0.29, 0.717) is 25.6 Å². The van der Waals surface area contributed by atoms with E-state index in [9.17, 15) is 4.79 Å². The number of likely N-dealkylation sites (N-methyl/N-ethyl adjacent to an activating group) is 1. The maximum Gasteiger partial charge on any atom is 0.222 e. The number of halogens is 1. The van der Waals surface area contributed by atoms with E-state index in [2.05, 4.69) is 53.6 Å². The Kier molecular flexibility index (Phi) is 10.2. The first-order valence-electron chi connectivity index (χ1n) is 10.8. The van der Waals surface area contributed by atoms with Crippen LogP contribution in [-0.2, 0) is 17.9 Å². The number of aliphatic imine (C=N–C) groups is 1. The Bertz CT molecular complexity index is 681. The normalized spacial score (nSPS) is 20.1. The van der Waals surface area contributed by atoms with Crippen molar-refractivity contribution in [1.29, 1.82) is 0 Å². The molecule has 2 N–H and O–H groups in total. The standard InChI is InChI=1S/C22H35N5O.HI/c1-3-23-22(25-16-20-10-6-12-26(20)4-2)24-15-18-8-5-9-19(14-18)17-27-13-7-11-21(27)28;/h5,8-9,14,20H,3-4,6-7,10-13,15-17H2,1-2H3,(H2,23,24,25);1H. The van der Waals surface area contributed by atoms with Crippen molar-refractivity contribution < 1.29 is 4.79 Å². The van der Waals surface area contributed by atoms with E-state index < -0.39 is 0 Å². The Balaban J connectivity index is 0.00000300. The number of rotatable bonds is 8. The second-order valence-corrected chi connectivity index (χ2v) is 7.74. The van der Waals surface area contributed by atoms with Gasteiger partial charge in [-0.25, -0.2) is 4.99 Å². The predicted octanol–water partition coefficient (Wildman–Crippen LogP) is 2.97. The van der Waals surface area contributed by atoms with Gasteiger partial charge < -0.3 is 15.5 Å². The molecule has 0 radical (unpaired) electrons. The zero-order valence-electron chi connectivity index (χ0n) is 17.8. The highest BCUT2D eigenvalue weighted by atomic mass is 127. The van der Waals surface area contributed by atoms with Gasteiger partial charge in [0, 0.05) is 38.6 Å². The molecule has 2 aliphatic rings. The van der Waals surface area contributed by atoms with Gasteiger partial charge in [0.1, 0.15) is 0 Å². The molecular weight excluding hydrogens is 477 g/mol. The summed E-state index contributed by atoms with van der Waals surface area (Å²) >= 11 is 0. The maximum atomic E-state index is 11.9. The Morgan fingerprint density at radius 1 is 1.17 bits per heavy atom. The topological polar surface area (TPSA) is 60.0 Å². The van der Waals surface area contributed by atoms with Crippen molar-refractivity contribution in [2.24, 2.45) is 4.99 Å². The molecule has 0 aromatic heterocycles. The second kappa shape index (κ2) is 12.4. The molecule has 1 aromatic carbocycles.